The highest BCUT2D eigenvalue weighted by atomic mass is 16.5. The Bertz CT molecular complexity index is 269. The Morgan fingerprint density at radius 2 is 1.89 bits per heavy atom. The molecule has 0 saturated carbocycles. The molecule has 0 radical (unpaired) electrons. The van der Waals surface area contributed by atoms with Gasteiger partial charge >= 0.3 is 5.97 Å². The Balaban J connectivity index is 3.97. The van der Waals surface area contributed by atoms with E-state index in [4.69, 9.17) is 10.5 Å². The van der Waals surface area contributed by atoms with E-state index in [1.54, 1.807) is 7.05 Å². The second-order valence-corrected chi connectivity index (χ2v) is 4.65. The maximum Gasteiger partial charge on any atom is 0.323 e. The van der Waals surface area contributed by atoms with Crippen LogP contribution in [0.4, 0.5) is 0 Å². The molecule has 0 bridgehead atoms. The molecule has 6 heteroatoms. The number of carbonyl (C=O) groups excluding carboxylic acids is 2. The minimum atomic E-state index is -0.638. The Kier molecular flexibility index (Phi) is 8.32. The van der Waals surface area contributed by atoms with Crippen molar-refractivity contribution < 1.29 is 14.3 Å². The molecule has 4 N–H and O–H groups in total. The van der Waals surface area contributed by atoms with E-state index in [-0.39, 0.29) is 24.5 Å². The Morgan fingerprint density at radius 1 is 1.28 bits per heavy atom. The normalized spacial score (nSPS) is 14.1. The van der Waals surface area contributed by atoms with E-state index in [9.17, 15) is 9.59 Å². The quantitative estimate of drug-likeness (QED) is 0.517. The van der Waals surface area contributed by atoms with Crippen LogP contribution in [-0.2, 0) is 14.3 Å². The molecule has 6 nitrogen and oxygen atoms in total. The zero-order valence-corrected chi connectivity index (χ0v) is 11.7. The second kappa shape index (κ2) is 8.88. The summed E-state index contributed by atoms with van der Waals surface area (Å²) in [6, 6.07) is -0.942. The monoisotopic (exact) mass is 259 g/mol. The summed E-state index contributed by atoms with van der Waals surface area (Å²) in [4.78, 5) is 22.8. The average molecular weight is 259 g/mol. The average Bonchev–Trinajstić information content (AvgIpc) is 2.34. The van der Waals surface area contributed by atoms with Gasteiger partial charge in [0.2, 0.25) is 5.91 Å². The van der Waals surface area contributed by atoms with Crippen molar-refractivity contribution in [3.05, 3.63) is 0 Å². The smallest absolute Gasteiger partial charge is 0.323 e. The van der Waals surface area contributed by atoms with E-state index in [1.165, 1.54) is 7.05 Å². The maximum atomic E-state index is 11.7. The molecule has 0 aromatic heterocycles. The molecule has 0 aromatic carbocycles. The van der Waals surface area contributed by atoms with Crippen molar-refractivity contribution in [3.63, 3.8) is 0 Å². The number of likely N-dealkylation sites (N-methyl/N-ethyl adjacent to an activating group) is 2. The van der Waals surface area contributed by atoms with Gasteiger partial charge in [-0.3, -0.25) is 9.59 Å². The molecule has 0 rings (SSSR count). The van der Waals surface area contributed by atoms with Crippen molar-refractivity contribution in [2.45, 2.75) is 38.8 Å². The van der Waals surface area contributed by atoms with Gasteiger partial charge in [0.25, 0.3) is 0 Å². The third-order valence-electron chi connectivity index (χ3n) is 2.60. The van der Waals surface area contributed by atoms with Gasteiger partial charge in [-0.15, -0.1) is 0 Å². The molecule has 18 heavy (non-hydrogen) atoms. The van der Waals surface area contributed by atoms with Crippen LogP contribution < -0.4 is 16.4 Å². The molecule has 0 aliphatic rings. The van der Waals surface area contributed by atoms with E-state index >= 15 is 0 Å². The highest BCUT2D eigenvalue weighted by Crippen LogP contribution is 2.06. The summed E-state index contributed by atoms with van der Waals surface area (Å²) in [6.07, 6.45) is 1.04. The van der Waals surface area contributed by atoms with Gasteiger partial charge in [0.1, 0.15) is 6.04 Å². The molecular weight excluding hydrogens is 234 g/mol. The molecule has 0 saturated heterocycles. The molecule has 0 heterocycles. The van der Waals surface area contributed by atoms with Gasteiger partial charge in [-0.25, -0.2) is 0 Å². The summed E-state index contributed by atoms with van der Waals surface area (Å²) in [7, 11) is 3.25. The number of hydrogen-bond donors (Lipinski definition) is 3. The zero-order valence-electron chi connectivity index (χ0n) is 11.7. The fourth-order valence-corrected chi connectivity index (χ4v) is 1.51. The third kappa shape index (κ3) is 6.56. The first-order chi connectivity index (χ1) is 8.42. The number of rotatable bonds is 8. The lowest BCUT2D eigenvalue weighted by atomic mass is 10.0. The lowest BCUT2D eigenvalue weighted by Gasteiger charge is -2.17. The Hall–Kier alpha value is -1.14. The summed E-state index contributed by atoms with van der Waals surface area (Å²) in [5, 5.41) is 5.37. The molecule has 0 fully saturated rings. The maximum absolute atomic E-state index is 11.7. The van der Waals surface area contributed by atoms with Gasteiger partial charge in [0, 0.05) is 13.5 Å². The largest absolute Gasteiger partial charge is 0.464 e. The molecule has 0 aromatic rings. The van der Waals surface area contributed by atoms with Crippen LogP contribution in [0.1, 0.15) is 26.7 Å². The van der Waals surface area contributed by atoms with Gasteiger partial charge in [0.05, 0.1) is 12.6 Å². The first-order valence-corrected chi connectivity index (χ1v) is 6.23. The van der Waals surface area contributed by atoms with Crippen LogP contribution >= 0.6 is 0 Å². The number of ether oxygens (including phenoxy) is 1. The van der Waals surface area contributed by atoms with Gasteiger partial charge in [0.15, 0.2) is 0 Å². The summed E-state index contributed by atoms with van der Waals surface area (Å²) in [5.74, 6) is -0.142. The van der Waals surface area contributed by atoms with Crippen LogP contribution in [0.2, 0.25) is 0 Å². The fourth-order valence-electron chi connectivity index (χ4n) is 1.51. The van der Waals surface area contributed by atoms with Crippen LogP contribution in [0.3, 0.4) is 0 Å². The van der Waals surface area contributed by atoms with Gasteiger partial charge in [-0.2, -0.15) is 0 Å². The standard InChI is InChI=1S/C12H25N3O3/c1-8(2)7-10(14-3)12(17)18-6-5-9(13)11(16)15-4/h8-10,14H,5-7,13H2,1-4H3,(H,15,16)/t9-,10?/m0/s1. The Labute approximate surface area is 109 Å². The number of nitrogens with two attached hydrogens (primary N) is 1. The predicted molar refractivity (Wildman–Crippen MR) is 69.9 cm³/mol. The van der Waals surface area contributed by atoms with Crippen molar-refractivity contribution in [2.75, 3.05) is 20.7 Å². The van der Waals surface area contributed by atoms with Gasteiger partial charge < -0.3 is 21.1 Å². The highest BCUT2D eigenvalue weighted by molar-refractivity contribution is 5.81. The Morgan fingerprint density at radius 3 is 2.33 bits per heavy atom. The first-order valence-electron chi connectivity index (χ1n) is 6.23. The third-order valence-corrected chi connectivity index (χ3v) is 2.60. The summed E-state index contributed by atoms with van der Waals surface area (Å²) >= 11 is 0. The predicted octanol–water partition coefficient (Wildman–Crippen LogP) is -0.373. The first kappa shape index (κ1) is 16.9. The van der Waals surface area contributed by atoms with Crippen LogP contribution in [0.15, 0.2) is 0 Å². The molecule has 1 amide bonds. The van der Waals surface area contributed by atoms with E-state index < -0.39 is 6.04 Å². The van der Waals surface area contributed by atoms with E-state index in [2.05, 4.69) is 10.6 Å². The van der Waals surface area contributed by atoms with E-state index in [0.29, 0.717) is 12.3 Å². The van der Waals surface area contributed by atoms with Crippen LogP contribution in [0, 0.1) is 5.92 Å². The lowest BCUT2D eigenvalue weighted by molar-refractivity contribution is -0.147. The molecule has 0 aliphatic heterocycles. The molecular formula is C12H25N3O3. The number of nitrogens with one attached hydrogen (secondary N) is 2. The highest BCUT2D eigenvalue weighted by Gasteiger charge is 2.20. The molecule has 2 atom stereocenters. The molecule has 106 valence electrons. The van der Waals surface area contributed by atoms with E-state index in [0.717, 1.165) is 6.42 Å². The van der Waals surface area contributed by atoms with Crippen molar-refractivity contribution >= 4 is 11.9 Å². The molecule has 0 spiro atoms. The minimum Gasteiger partial charge on any atom is -0.464 e. The van der Waals surface area contributed by atoms with Crippen molar-refractivity contribution in [1.29, 1.82) is 0 Å². The van der Waals surface area contributed by atoms with Crippen molar-refractivity contribution in [3.8, 4) is 0 Å². The lowest BCUT2D eigenvalue weighted by Crippen LogP contribution is -2.41. The van der Waals surface area contributed by atoms with Crippen LogP contribution in [0.25, 0.3) is 0 Å². The topological polar surface area (TPSA) is 93.5 Å². The summed E-state index contributed by atoms with van der Waals surface area (Å²) in [6.45, 7) is 4.24. The number of amides is 1. The van der Waals surface area contributed by atoms with Crippen molar-refractivity contribution in [1.82, 2.24) is 10.6 Å². The number of hydrogen-bond acceptors (Lipinski definition) is 5. The van der Waals surface area contributed by atoms with Gasteiger partial charge in [-0.05, 0) is 19.4 Å². The molecule has 1 unspecified atom stereocenters. The SMILES string of the molecule is CNC(=O)[C@@H](N)CCOC(=O)C(CC(C)C)NC. The second-order valence-electron chi connectivity index (χ2n) is 4.65. The van der Waals surface area contributed by atoms with Gasteiger partial charge in [-0.1, -0.05) is 13.8 Å². The zero-order chi connectivity index (χ0) is 14.1. The number of carbonyl (C=O) groups is 2. The molecule has 0 aliphatic carbocycles. The number of esters is 1. The van der Waals surface area contributed by atoms with Crippen LogP contribution in [0.5, 0.6) is 0 Å². The van der Waals surface area contributed by atoms with Crippen LogP contribution in [-0.4, -0.2) is 44.7 Å². The summed E-state index contributed by atoms with van der Waals surface area (Å²) in [5.41, 5.74) is 5.58. The fraction of sp³-hybridized carbons (Fsp3) is 0.833. The van der Waals surface area contributed by atoms with E-state index in [1.807, 2.05) is 13.8 Å². The summed E-state index contributed by atoms with van der Waals surface area (Å²) < 4.78 is 5.10. The minimum absolute atomic E-state index is 0.156. The van der Waals surface area contributed by atoms with Crippen molar-refractivity contribution in [2.24, 2.45) is 11.7 Å².